The number of hydrogen-bond donors (Lipinski definition) is 1. The molecule has 1 fully saturated rings. The van der Waals surface area contributed by atoms with Gasteiger partial charge in [0.2, 0.25) is 0 Å². The van der Waals surface area contributed by atoms with Gasteiger partial charge in [0.25, 0.3) is 0 Å². The lowest BCUT2D eigenvalue weighted by Crippen LogP contribution is -2.36. The smallest absolute Gasteiger partial charge is 0.168 e. The summed E-state index contributed by atoms with van der Waals surface area (Å²) in [6, 6.07) is 0. The molecule has 2 heteroatoms. The summed E-state index contributed by atoms with van der Waals surface area (Å²) in [7, 11) is 0. The summed E-state index contributed by atoms with van der Waals surface area (Å²) in [6.45, 7) is 7.70. The SMILES string of the molecule is C=C1CCC(C(C)C)C(=O)C1O. The number of hydrogen-bond acceptors (Lipinski definition) is 2. The Kier molecular flexibility index (Phi) is 2.68. The van der Waals surface area contributed by atoms with E-state index >= 15 is 0 Å². The molecule has 0 aromatic carbocycles. The molecule has 0 bridgehead atoms. The Morgan fingerprint density at radius 2 is 2.17 bits per heavy atom. The molecule has 0 radical (unpaired) electrons. The highest BCUT2D eigenvalue weighted by Gasteiger charge is 2.33. The van der Waals surface area contributed by atoms with Crippen LogP contribution in [0.2, 0.25) is 0 Å². The molecule has 2 atom stereocenters. The first-order valence-corrected chi connectivity index (χ1v) is 4.43. The van der Waals surface area contributed by atoms with Gasteiger partial charge in [-0.15, -0.1) is 0 Å². The largest absolute Gasteiger partial charge is 0.381 e. The van der Waals surface area contributed by atoms with Gasteiger partial charge in [-0.2, -0.15) is 0 Å². The Morgan fingerprint density at radius 1 is 1.58 bits per heavy atom. The molecule has 0 aromatic rings. The molecule has 1 aliphatic rings. The van der Waals surface area contributed by atoms with Crippen LogP contribution in [0, 0.1) is 11.8 Å². The number of aliphatic hydroxyl groups is 1. The van der Waals surface area contributed by atoms with Crippen LogP contribution in [-0.4, -0.2) is 17.0 Å². The van der Waals surface area contributed by atoms with Crippen molar-refractivity contribution in [3.8, 4) is 0 Å². The molecule has 12 heavy (non-hydrogen) atoms. The van der Waals surface area contributed by atoms with E-state index in [9.17, 15) is 9.90 Å². The first-order chi connectivity index (χ1) is 5.54. The Hall–Kier alpha value is -0.630. The van der Waals surface area contributed by atoms with Crippen molar-refractivity contribution in [3.05, 3.63) is 12.2 Å². The maximum absolute atomic E-state index is 11.5. The van der Waals surface area contributed by atoms with Crippen LogP contribution in [-0.2, 0) is 4.79 Å². The molecule has 0 heterocycles. The molecule has 68 valence electrons. The van der Waals surface area contributed by atoms with Gasteiger partial charge in [0.05, 0.1) is 0 Å². The van der Waals surface area contributed by atoms with E-state index < -0.39 is 6.10 Å². The summed E-state index contributed by atoms with van der Waals surface area (Å²) in [4.78, 5) is 11.5. The van der Waals surface area contributed by atoms with Gasteiger partial charge in [-0.3, -0.25) is 4.79 Å². The molecule has 2 unspecified atom stereocenters. The van der Waals surface area contributed by atoms with Gasteiger partial charge in [-0.05, 0) is 24.3 Å². The van der Waals surface area contributed by atoms with Crippen molar-refractivity contribution in [2.24, 2.45) is 11.8 Å². The molecule has 0 aliphatic heterocycles. The molecule has 0 saturated heterocycles. The Labute approximate surface area is 73.3 Å². The van der Waals surface area contributed by atoms with E-state index in [2.05, 4.69) is 6.58 Å². The maximum atomic E-state index is 11.5. The summed E-state index contributed by atoms with van der Waals surface area (Å²) in [5, 5.41) is 9.42. The second-order valence-electron chi connectivity index (χ2n) is 3.85. The average Bonchev–Trinajstić information content (AvgIpc) is 2.00. The van der Waals surface area contributed by atoms with E-state index in [1.54, 1.807) is 0 Å². The van der Waals surface area contributed by atoms with Gasteiger partial charge in [0.1, 0.15) is 6.10 Å². The second kappa shape index (κ2) is 3.40. The van der Waals surface area contributed by atoms with Crippen LogP contribution >= 0.6 is 0 Å². The van der Waals surface area contributed by atoms with Crippen LogP contribution < -0.4 is 0 Å². The molecule has 0 amide bonds. The molecule has 1 N–H and O–H groups in total. The highest BCUT2D eigenvalue weighted by atomic mass is 16.3. The summed E-state index contributed by atoms with van der Waals surface area (Å²) >= 11 is 0. The fourth-order valence-corrected chi connectivity index (χ4v) is 1.69. The predicted octanol–water partition coefficient (Wildman–Crippen LogP) is 1.54. The lowest BCUT2D eigenvalue weighted by Gasteiger charge is -2.28. The van der Waals surface area contributed by atoms with Crippen LogP contribution in [0.5, 0.6) is 0 Å². The summed E-state index contributed by atoms with van der Waals surface area (Å²) in [5.41, 5.74) is 0.678. The second-order valence-corrected chi connectivity index (χ2v) is 3.85. The fraction of sp³-hybridized carbons (Fsp3) is 0.700. The van der Waals surface area contributed by atoms with Gasteiger partial charge in [-0.25, -0.2) is 0 Å². The van der Waals surface area contributed by atoms with Gasteiger partial charge in [-0.1, -0.05) is 20.4 Å². The Balaban J connectivity index is 2.72. The summed E-state index contributed by atoms with van der Waals surface area (Å²) in [6.07, 6.45) is 0.744. The fourth-order valence-electron chi connectivity index (χ4n) is 1.69. The van der Waals surface area contributed by atoms with Crippen molar-refractivity contribution in [1.82, 2.24) is 0 Å². The van der Waals surface area contributed by atoms with Crippen molar-refractivity contribution < 1.29 is 9.90 Å². The van der Waals surface area contributed by atoms with Crippen molar-refractivity contribution in [2.75, 3.05) is 0 Å². The lowest BCUT2D eigenvalue weighted by molar-refractivity contribution is -0.132. The zero-order valence-electron chi connectivity index (χ0n) is 7.71. The van der Waals surface area contributed by atoms with E-state index in [0.29, 0.717) is 11.5 Å². The van der Waals surface area contributed by atoms with Crippen molar-refractivity contribution in [1.29, 1.82) is 0 Å². The van der Waals surface area contributed by atoms with E-state index in [4.69, 9.17) is 0 Å². The van der Waals surface area contributed by atoms with Gasteiger partial charge in [0, 0.05) is 5.92 Å². The Bertz CT molecular complexity index is 206. The normalized spacial score (nSPS) is 31.3. The molecular weight excluding hydrogens is 152 g/mol. The summed E-state index contributed by atoms with van der Waals surface area (Å²) < 4.78 is 0. The average molecular weight is 168 g/mol. The van der Waals surface area contributed by atoms with Crippen molar-refractivity contribution >= 4 is 5.78 Å². The minimum atomic E-state index is -0.897. The topological polar surface area (TPSA) is 37.3 Å². The third kappa shape index (κ3) is 1.58. The number of aliphatic hydroxyl groups excluding tert-OH is 1. The zero-order chi connectivity index (χ0) is 9.30. The van der Waals surface area contributed by atoms with Crippen LogP contribution in [0.15, 0.2) is 12.2 Å². The van der Waals surface area contributed by atoms with Crippen LogP contribution in [0.1, 0.15) is 26.7 Å². The first kappa shape index (κ1) is 9.46. The highest BCUT2D eigenvalue weighted by Crippen LogP contribution is 2.29. The molecule has 1 saturated carbocycles. The van der Waals surface area contributed by atoms with Crippen LogP contribution in [0.25, 0.3) is 0 Å². The number of ketones is 1. The molecule has 0 aromatic heterocycles. The van der Waals surface area contributed by atoms with E-state index in [-0.39, 0.29) is 11.7 Å². The zero-order valence-corrected chi connectivity index (χ0v) is 7.71. The maximum Gasteiger partial charge on any atom is 0.168 e. The standard InChI is InChI=1S/C10H16O2/c1-6(2)8-5-4-7(3)9(11)10(8)12/h6,8-9,11H,3-5H2,1-2H3. The lowest BCUT2D eigenvalue weighted by atomic mass is 9.77. The molecule has 1 rings (SSSR count). The van der Waals surface area contributed by atoms with E-state index in [0.717, 1.165) is 12.8 Å². The summed E-state index contributed by atoms with van der Waals surface area (Å²) in [5.74, 6) is 0.326. The van der Waals surface area contributed by atoms with Crippen LogP contribution in [0.3, 0.4) is 0 Å². The van der Waals surface area contributed by atoms with E-state index in [1.807, 2.05) is 13.8 Å². The molecule has 1 aliphatic carbocycles. The third-order valence-corrected chi connectivity index (χ3v) is 2.60. The predicted molar refractivity (Wildman–Crippen MR) is 47.7 cm³/mol. The number of rotatable bonds is 1. The monoisotopic (exact) mass is 168 g/mol. The molecule has 0 spiro atoms. The number of carbonyl (C=O) groups is 1. The molecular formula is C10H16O2. The minimum absolute atomic E-state index is 0.0329. The van der Waals surface area contributed by atoms with E-state index in [1.165, 1.54) is 0 Å². The first-order valence-electron chi connectivity index (χ1n) is 4.43. The minimum Gasteiger partial charge on any atom is -0.381 e. The van der Waals surface area contributed by atoms with Crippen molar-refractivity contribution in [2.45, 2.75) is 32.8 Å². The number of Topliss-reactive ketones (excluding diaryl/α,β-unsaturated/α-hetero) is 1. The van der Waals surface area contributed by atoms with Gasteiger partial charge in [0.15, 0.2) is 5.78 Å². The highest BCUT2D eigenvalue weighted by molar-refractivity contribution is 5.89. The Morgan fingerprint density at radius 3 is 2.67 bits per heavy atom. The van der Waals surface area contributed by atoms with Crippen molar-refractivity contribution in [3.63, 3.8) is 0 Å². The van der Waals surface area contributed by atoms with Gasteiger partial charge >= 0.3 is 0 Å². The third-order valence-electron chi connectivity index (χ3n) is 2.60. The number of carbonyl (C=O) groups excluding carboxylic acids is 1. The quantitative estimate of drug-likeness (QED) is 0.603. The molecule has 2 nitrogen and oxygen atoms in total. The van der Waals surface area contributed by atoms with Gasteiger partial charge < -0.3 is 5.11 Å². The van der Waals surface area contributed by atoms with Crippen LogP contribution in [0.4, 0.5) is 0 Å².